The van der Waals surface area contributed by atoms with Crippen LogP contribution in [-0.4, -0.2) is 77.1 Å². The van der Waals surface area contributed by atoms with Gasteiger partial charge >= 0.3 is 0 Å². The average molecular weight is 629 g/mol. The molecule has 0 aromatic heterocycles. The van der Waals surface area contributed by atoms with Crippen LogP contribution in [0.3, 0.4) is 0 Å². The number of hydrogen-bond donors (Lipinski definition) is 4. The fourth-order valence-corrected chi connectivity index (χ4v) is 6.06. The molecule has 0 spiro atoms. The summed E-state index contributed by atoms with van der Waals surface area (Å²) < 4.78 is 12.5. The lowest BCUT2D eigenvalue weighted by Crippen LogP contribution is -2.56. The monoisotopic (exact) mass is 628 g/mol. The number of ether oxygens (including phenoxy) is 2. The van der Waals surface area contributed by atoms with Gasteiger partial charge in [0.2, 0.25) is 11.8 Å². The van der Waals surface area contributed by atoms with Gasteiger partial charge in [0.25, 0.3) is 0 Å². The quantitative estimate of drug-likeness (QED) is 0.277. The molecule has 0 bridgehead atoms. The molecule has 10 heteroatoms. The molecule has 3 aliphatic carbocycles. The Bertz CT molecular complexity index is 1010. The summed E-state index contributed by atoms with van der Waals surface area (Å²) >= 11 is 2.09. The maximum atomic E-state index is 13.7. The molecule has 204 valence electrons. The van der Waals surface area contributed by atoms with Gasteiger partial charge in [-0.05, 0) is 78.0 Å². The van der Waals surface area contributed by atoms with Gasteiger partial charge in [0.15, 0.2) is 11.5 Å². The van der Waals surface area contributed by atoms with E-state index >= 15 is 0 Å². The fourth-order valence-electron chi connectivity index (χ4n) is 5.27. The Balaban J connectivity index is 1.67. The number of hydrogen-bond acceptors (Lipinski definition) is 7. The number of aliphatic hydroxyl groups excluding tert-OH is 3. The van der Waals surface area contributed by atoms with E-state index in [0.29, 0.717) is 38.7 Å². The van der Waals surface area contributed by atoms with Crippen molar-refractivity contribution in [2.45, 2.75) is 69.8 Å². The minimum atomic E-state index is -1.06. The normalized spacial score (nSPS) is 23.9. The van der Waals surface area contributed by atoms with Crippen LogP contribution in [0, 0.1) is 15.4 Å². The van der Waals surface area contributed by atoms with Crippen LogP contribution in [0.5, 0.6) is 11.5 Å². The lowest BCUT2D eigenvalue weighted by atomic mass is 9.87. The van der Waals surface area contributed by atoms with Crippen molar-refractivity contribution in [2.75, 3.05) is 26.8 Å². The van der Waals surface area contributed by atoms with Gasteiger partial charge in [-0.3, -0.25) is 9.59 Å². The summed E-state index contributed by atoms with van der Waals surface area (Å²) in [6.07, 6.45) is 5.74. The molecule has 3 atom stereocenters. The molecule has 4 rings (SSSR count). The molecule has 3 unspecified atom stereocenters. The van der Waals surface area contributed by atoms with Gasteiger partial charge in [0.05, 0.1) is 29.9 Å². The van der Waals surface area contributed by atoms with Crippen molar-refractivity contribution in [3.05, 3.63) is 32.9 Å². The molecule has 2 fully saturated rings. The first kappa shape index (κ1) is 28.1. The summed E-state index contributed by atoms with van der Waals surface area (Å²) in [7, 11) is 1.50. The van der Waals surface area contributed by atoms with Crippen molar-refractivity contribution < 1.29 is 34.4 Å². The number of carbonyl (C=O) groups excluding carboxylic acids is 2. The first-order valence-corrected chi connectivity index (χ1v) is 14.2. The maximum Gasteiger partial charge on any atom is 0.247 e. The molecule has 2 amide bonds. The number of rotatable bonds is 11. The molecule has 1 aromatic carbocycles. The SMILES string of the molecule is COc1cc(CO)cc(I)c1OC1C=C(C(=O)NCCO)CC(N(CC2CC2)C(=O)C2CCCC2)C1O. The number of halogens is 1. The number of amides is 2. The van der Waals surface area contributed by atoms with Gasteiger partial charge < -0.3 is 35.0 Å². The van der Waals surface area contributed by atoms with E-state index in [9.17, 15) is 24.9 Å². The molecule has 37 heavy (non-hydrogen) atoms. The van der Waals surface area contributed by atoms with Crippen molar-refractivity contribution in [3.8, 4) is 11.5 Å². The Morgan fingerprint density at radius 2 is 1.89 bits per heavy atom. The highest BCUT2D eigenvalue weighted by Crippen LogP contribution is 2.39. The van der Waals surface area contributed by atoms with E-state index in [1.807, 2.05) is 4.90 Å². The Hall–Kier alpha value is -1.89. The molecule has 4 N–H and O–H groups in total. The topological polar surface area (TPSA) is 129 Å². The number of carbonyl (C=O) groups is 2. The minimum absolute atomic E-state index is 0.0463. The third-order valence-corrected chi connectivity index (χ3v) is 8.28. The first-order chi connectivity index (χ1) is 17.9. The number of methoxy groups -OCH3 is 1. The van der Waals surface area contributed by atoms with Gasteiger partial charge in [-0.2, -0.15) is 0 Å². The Morgan fingerprint density at radius 3 is 2.51 bits per heavy atom. The fraction of sp³-hybridized carbons (Fsp3) is 0.630. The van der Waals surface area contributed by atoms with Crippen LogP contribution in [0.25, 0.3) is 0 Å². The van der Waals surface area contributed by atoms with Crippen LogP contribution < -0.4 is 14.8 Å². The van der Waals surface area contributed by atoms with Gasteiger partial charge in [-0.25, -0.2) is 0 Å². The number of nitrogens with one attached hydrogen (secondary N) is 1. The highest BCUT2D eigenvalue weighted by atomic mass is 127. The molecule has 9 nitrogen and oxygen atoms in total. The molecular formula is C27H37IN2O7. The highest BCUT2D eigenvalue weighted by Gasteiger charge is 2.44. The smallest absolute Gasteiger partial charge is 0.247 e. The Morgan fingerprint density at radius 1 is 1.16 bits per heavy atom. The van der Waals surface area contributed by atoms with Crippen molar-refractivity contribution in [1.82, 2.24) is 10.2 Å². The lowest BCUT2D eigenvalue weighted by molar-refractivity contribution is -0.143. The zero-order valence-corrected chi connectivity index (χ0v) is 23.4. The Kier molecular flexibility index (Phi) is 9.71. The summed E-state index contributed by atoms with van der Waals surface area (Å²) in [4.78, 5) is 28.5. The summed E-state index contributed by atoms with van der Waals surface area (Å²) in [5.41, 5.74) is 1.07. The van der Waals surface area contributed by atoms with E-state index in [0.717, 1.165) is 38.5 Å². The number of nitrogens with zero attached hydrogens (tertiary/aromatic N) is 1. The predicted molar refractivity (Wildman–Crippen MR) is 145 cm³/mol. The van der Waals surface area contributed by atoms with Crippen molar-refractivity contribution in [2.24, 2.45) is 11.8 Å². The van der Waals surface area contributed by atoms with Crippen LogP contribution in [0.2, 0.25) is 0 Å². The zero-order valence-electron chi connectivity index (χ0n) is 21.2. The maximum absolute atomic E-state index is 13.7. The molecule has 1 aromatic rings. The van der Waals surface area contributed by atoms with Gasteiger partial charge in [-0.1, -0.05) is 12.8 Å². The molecule has 2 saturated carbocycles. The molecule has 0 heterocycles. The number of aliphatic hydroxyl groups is 3. The van der Waals surface area contributed by atoms with Crippen molar-refractivity contribution in [1.29, 1.82) is 0 Å². The summed E-state index contributed by atoms with van der Waals surface area (Å²) in [5.74, 6) is 0.880. The second-order valence-corrected chi connectivity index (χ2v) is 11.4. The molecule has 3 aliphatic rings. The minimum Gasteiger partial charge on any atom is -0.493 e. The second kappa shape index (κ2) is 12.8. The van der Waals surface area contributed by atoms with Gasteiger partial charge in [-0.15, -0.1) is 0 Å². The zero-order chi connectivity index (χ0) is 26.5. The third-order valence-electron chi connectivity index (χ3n) is 7.48. The standard InChI is InChI=1S/C27H37IN2O7/c1-36-23-11-17(15-32)10-20(28)25(23)37-22-13-19(26(34)29-8-9-31)12-21(24(22)33)30(14-16-6-7-16)27(35)18-4-2-3-5-18/h10-11,13,16,18,21-22,24,31-33H,2-9,12,14-15H2,1H3,(H,29,34). The van der Waals surface area contributed by atoms with E-state index in [2.05, 4.69) is 27.9 Å². The average Bonchev–Trinajstić information content (AvgIpc) is 3.56. The summed E-state index contributed by atoms with van der Waals surface area (Å²) in [6.45, 7) is 0.332. The number of benzene rings is 1. The van der Waals surface area contributed by atoms with Crippen LogP contribution in [0.1, 0.15) is 50.5 Å². The van der Waals surface area contributed by atoms with E-state index < -0.39 is 18.2 Å². The second-order valence-electron chi connectivity index (χ2n) is 10.2. The predicted octanol–water partition coefficient (Wildman–Crippen LogP) is 2.14. The largest absolute Gasteiger partial charge is 0.493 e. The Labute approximate surface area is 231 Å². The van der Waals surface area contributed by atoms with E-state index in [4.69, 9.17) is 9.47 Å². The molecule has 0 saturated heterocycles. The van der Waals surface area contributed by atoms with Crippen LogP contribution in [0.4, 0.5) is 0 Å². The highest BCUT2D eigenvalue weighted by molar-refractivity contribution is 14.1. The van der Waals surface area contributed by atoms with Crippen molar-refractivity contribution in [3.63, 3.8) is 0 Å². The molecule has 0 aliphatic heterocycles. The van der Waals surface area contributed by atoms with E-state index in [1.165, 1.54) is 7.11 Å². The third kappa shape index (κ3) is 6.76. The lowest BCUT2D eigenvalue weighted by Gasteiger charge is -2.41. The van der Waals surface area contributed by atoms with Crippen molar-refractivity contribution >= 4 is 34.4 Å². The first-order valence-electron chi connectivity index (χ1n) is 13.1. The van der Waals surface area contributed by atoms with E-state index in [-0.39, 0.29) is 43.9 Å². The van der Waals surface area contributed by atoms with Crippen LogP contribution in [-0.2, 0) is 16.2 Å². The molecular weight excluding hydrogens is 591 g/mol. The summed E-state index contributed by atoms with van der Waals surface area (Å²) in [6, 6.07) is 2.83. The van der Waals surface area contributed by atoms with Gasteiger partial charge in [0.1, 0.15) is 12.2 Å². The molecule has 0 radical (unpaired) electrons. The van der Waals surface area contributed by atoms with Crippen LogP contribution in [0.15, 0.2) is 23.8 Å². The van der Waals surface area contributed by atoms with Gasteiger partial charge in [0, 0.05) is 31.0 Å². The summed E-state index contributed by atoms with van der Waals surface area (Å²) in [5, 5.41) is 33.1. The van der Waals surface area contributed by atoms with E-state index in [1.54, 1.807) is 18.2 Å². The van der Waals surface area contributed by atoms with Crippen LogP contribution >= 0.6 is 22.6 Å².